The summed E-state index contributed by atoms with van der Waals surface area (Å²) in [5.41, 5.74) is 9.50. The fourth-order valence-corrected chi connectivity index (χ4v) is 2.15. The lowest BCUT2D eigenvalue weighted by molar-refractivity contribution is 0.683. The van der Waals surface area contributed by atoms with Crippen LogP contribution in [0.5, 0.6) is 0 Å². The van der Waals surface area contributed by atoms with Gasteiger partial charge in [0, 0.05) is 6.54 Å². The number of hydrogen-bond acceptors (Lipinski definition) is 2. The molecule has 0 aliphatic rings. The fourth-order valence-electron chi connectivity index (χ4n) is 2.15. The second-order valence-corrected chi connectivity index (χ2v) is 4.04. The van der Waals surface area contributed by atoms with Gasteiger partial charge in [0.05, 0.1) is 6.04 Å². The standard InChI is InChI=1S/C15H18N2/c1-17-15(12-7-3-2-4-8-12)14-10-6-5-9-13(14)11-16/h2-10,15,17H,11,16H2,1H3. The van der Waals surface area contributed by atoms with Crippen molar-refractivity contribution in [2.75, 3.05) is 7.05 Å². The largest absolute Gasteiger partial charge is 0.326 e. The topological polar surface area (TPSA) is 38.0 Å². The van der Waals surface area contributed by atoms with Crippen molar-refractivity contribution in [3.63, 3.8) is 0 Å². The maximum atomic E-state index is 5.79. The molecule has 0 fully saturated rings. The molecule has 2 aromatic rings. The molecule has 2 rings (SSSR count). The number of rotatable bonds is 4. The summed E-state index contributed by atoms with van der Waals surface area (Å²) in [4.78, 5) is 0. The van der Waals surface area contributed by atoms with Crippen LogP contribution in [0.2, 0.25) is 0 Å². The summed E-state index contributed by atoms with van der Waals surface area (Å²) in [5.74, 6) is 0. The molecule has 0 aromatic heterocycles. The Hall–Kier alpha value is -1.64. The van der Waals surface area contributed by atoms with Gasteiger partial charge in [-0.3, -0.25) is 0 Å². The minimum atomic E-state index is 0.205. The summed E-state index contributed by atoms with van der Waals surface area (Å²) < 4.78 is 0. The van der Waals surface area contributed by atoms with Crippen LogP contribution in [-0.2, 0) is 6.54 Å². The van der Waals surface area contributed by atoms with Crippen LogP contribution in [0.3, 0.4) is 0 Å². The monoisotopic (exact) mass is 226 g/mol. The van der Waals surface area contributed by atoms with Crippen molar-refractivity contribution < 1.29 is 0 Å². The van der Waals surface area contributed by atoms with Gasteiger partial charge in [0.2, 0.25) is 0 Å². The van der Waals surface area contributed by atoms with Crippen LogP contribution in [0.25, 0.3) is 0 Å². The molecule has 2 nitrogen and oxygen atoms in total. The molecule has 0 amide bonds. The van der Waals surface area contributed by atoms with Crippen molar-refractivity contribution in [1.82, 2.24) is 5.32 Å². The Balaban J connectivity index is 2.42. The summed E-state index contributed by atoms with van der Waals surface area (Å²) in [6.07, 6.45) is 0. The van der Waals surface area contributed by atoms with Gasteiger partial charge in [-0.15, -0.1) is 0 Å². The maximum absolute atomic E-state index is 5.79. The second-order valence-electron chi connectivity index (χ2n) is 4.04. The molecule has 0 spiro atoms. The first kappa shape index (κ1) is 11.8. The van der Waals surface area contributed by atoms with Crippen LogP contribution >= 0.6 is 0 Å². The molecule has 2 aromatic carbocycles. The molecule has 0 aliphatic carbocycles. The van der Waals surface area contributed by atoms with E-state index >= 15 is 0 Å². The highest BCUT2D eigenvalue weighted by molar-refractivity contribution is 5.37. The summed E-state index contributed by atoms with van der Waals surface area (Å²) in [7, 11) is 1.98. The molecule has 1 unspecified atom stereocenters. The fraction of sp³-hybridized carbons (Fsp3) is 0.200. The highest BCUT2D eigenvalue weighted by atomic mass is 14.9. The molecular weight excluding hydrogens is 208 g/mol. The Morgan fingerprint density at radius 2 is 1.65 bits per heavy atom. The number of benzene rings is 2. The van der Waals surface area contributed by atoms with Gasteiger partial charge in [0.1, 0.15) is 0 Å². The van der Waals surface area contributed by atoms with Gasteiger partial charge >= 0.3 is 0 Å². The van der Waals surface area contributed by atoms with E-state index in [4.69, 9.17) is 5.73 Å². The summed E-state index contributed by atoms with van der Waals surface area (Å²) in [6.45, 7) is 0.571. The Kier molecular flexibility index (Phi) is 3.91. The van der Waals surface area contributed by atoms with Gasteiger partial charge < -0.3 is 11.1 Å². The van der Waals surface area contributed by atoms with Crippen LogP contribution in [0.1, 0.15) is 22.7 Å². The van der Waals surface area contributed by atoms with E-state index in [1.54, 1.807) is 0 Å². The molecule has 0 aliphatic heterocycles. The molecule has 0 heterocycles. The van der Waals surface area contributed by atoms with Gasteiger partial charge in [0.25, 0.3) is 0 Å². The third-order valence-corrected chi connectivity index (χ3v) is 3.01. The third kappa shape index (κ3) is 2.54. The van der Waals surface area contributed by atoms with Gasteiger partial charge in [-0.25, -0.2) is 0 Å². The van der Waals surface area contributed by atoms with Crippen molar-refractivity contribution in [2.45, 2.75) is 12.6 Å². The van der Waals surface area contributed by atoms with E-state index in [1.165, 1.54) is 16.7 Å². The smallest absolute Gasteiger partial charge is 0.0577 e. The second kappa shape index (κ2) is 5.62. The normalized spacial score (nSPS) is 12.4. The van der Waals surface area contributed by atoms with E-state index in [0.29, 0.717) is 6.54 Å². The van der Waals surface area contributed by atoms with Crippen LogP contribution in [-0.4, -0.2) is 7.05 Å². The van der Waals surface area contributed by atoms with Crippen molar-refractivity contribution in [1.29, 1.82) is 0 Å². The van der Waals surface area contributed by atoms with E-state index in [0.717, 1.165) is 0 Å². The number of nitrogens with one attached hydrogen (secondary N) is 1. The lowest BCUT2D eigenvalue weighted by Crippen LogP contribution is -2.19. The summed E-state index contributed by atoms with van der Waals surface area (Å²) in [5, 5.41) is 3.35. The Morgan fingerprint density at radius 3 is 2.29 bits per heavy atom. The first-order chi connectivity index (χ1) is 8.36. The Labute approximate surface area is 102 Å². The molecule has 0 bridgehead atoms. The van der Waals surface area contributed by atoms with Gasteiger partial charge in [-0.05, 0) is 23.7 Å². The molecule has 2 heteroatoms. The van der Waals surface area contributed by atoms with Crippen molar-refractivity contribution >= 4 is 0 Å². The van der Waals surface area contributed by atoms with E-state index < -0.39 is 0 Å². The first-order valence-corrected chi connectivity index (χ1v) is 5.87. The lowest BCUT2D eigenvalue weighted by atomic mass is 9.94. The lowest BCUT2D eigenvalue weighted by Gasteiger charge is -2.20. The van der Waals surface area contributed by atoms with E-state index in [9.17, 15) is 0 Å². The highest BCUT2D eigenvalue weighted by Gasteiger charge is 2.13. The van der Waals surface area contributed by atoms with Crippen molar-refractivity contribution in [3.05, 3.63) is 71.3 Å². The van der Waals surface area contributed by atoms with Crippen molar-refractivity contribution in [2.24, 2.45) is 5.73 Å². The molecule has 0 saturated carbocycles. The van der Waals surface area contributed by atoms with Crippen LogP contribution in [0, 0.1) is 0 Å². The van der Waals surface area contributed by atoms with Crippen LogP contribution in [0.4, 0.5) is 0 Å². The number of nitrogens with two attached hydrogens (primary N) is 1. The predicted molar refractivity (Wildman–Crippen MR) is 71.7 cm³/mol. The quantitative estimate of drug-likeness (QED) is 0.840. The molecule has 3 N–H and O–H groups in total. The zero-order valence-corrected chi connectivity index (χ0v) is 10.1. The average Bonchev–Trinajstić information content (AvgIpc) is 2.41. The predicted octanol–water partition coefficient (Wildman–Crippen LogP) is 2.45. The molecule has 1 atom stereocenters. The first-order valence-electron chi connectivity index (χ1n) is 5.87. The van der Waals surface area contributed by atoms with Crippen LogP contribution < -0.4 is 11.1 Å². The molecule has 17 heavy (non-hydrogen) atoms. The van der Waals surface area contributed by atoms with Crippen LogP contribution in [0.15, 0.2) is 54.6 Å². The number of hydrogen-bond donors (Lipinski definition) is 2. The zero-order chi connectivity index (χ0) is 12.1. The highest BCUT2D eigenvalue weighted by Crippen LogP contribution is 2.24. The minimum absolute atomic E-state index is 0.205. The maximum Gasteiger partial charge on any atom is 0.0577 e. The molecule has 0 saturated heterocycles. The molecule has 0 radical (unpaired) electrons. The average molecular weight is 226 g/mol. The van der Waals surface area contributed by atoms with Gasteiger partial charge in [-0.2, -0.15) is 0 Å². The van der Waals surface area contributed by atoms with E-state index in [1.807, 2.05) is 19.2 Å². The SMILES string of the molecule is CNC(c1ccccc1)c1ccccc1CN. The summed E-state index contributed by atoms with van der Waals surface area (Å²) in [6, 6.07) is 18.9. The molecule has 88 valence electrons. The minimum Gasteiger partial charge on any atom is -0.326 e. The summed E-state index contributed by atoms with van der Waals surface area (Å²) >= 11 is 0. The Morgan fingerprint density at radius 1 is 1.00 bits per heavy atom. The van der Waals surface area contributed by atoms with E-state index in [-0.39, 0.29) is 6.04 Å². The van der Waals surface area contributed by atoms with Gasteiger partial charge in [-0.1, -0.05) is 54.6 Å². The van der Waals surface area contributed by atoms with Gasteiger partial charge in [0.15, 0.2) is 0 Å². The van der Waals surface area contributed by atoms with Crippen molar-refractivity contribution in [3.8, 4) is 0 Å². The third-order valence-electron chi connectivity index (χ3n) is 3.01. The van der Waals surface area contributed by atoms with E-state index in [2.05, 4.69) is 47.8 Å². The molecular formula is C15H18N2. The zero-order valence-electron chi connectivity index (χ0n) is 10.1. The Bertz CT molecular complexity index is 465.